The van der Waals surface area contributed by atoms with Gasteiger partial charge >= 0.3 is 0 Å². The van der Waals surface area contributed by atoms with Crippen molar-refractivity contribution in [3.8, 4) is 5.75 Å². The van der Waals surface area contributed by atoms with E-state index < -0.39 is 22.7 Å². The van der Waals surface area contributed by atoms with Gasteiger partial charge in [-0.15, -0.1) is 0 Å². The van der Waals surface area contributed by atoms with E-state index in [1.807, 2.05) is 31.1 Å². The number of ether oxygens (including phenoxy) is 1. The minimum absolute atomic E-state index is 0.0459. The lowest BCUT2D eigenvalue weighted by Crippen LogP contribution is -2.35. The molecule has 1 fully saturated rings. The minimum Gasteiger partial charge on any atom is -0.507 e. The van der Waals surface area contributed by atoms with Gasteiger partial charge in [0.05, 0.1) is 23.6 Å². The van der Waals surface area contributed by atoms with Crippen molar-refractivity contribution in [2.24, 2.45) is 0 Å². The van der Waals surface area contributed by atoms with Crippen LogP contribution in [0.3, 0.4) is 0 Å². The number of benzene rings is 3. The van der Waals surface area contributed by atoms with Crippen LogP contribution in [0.15, 0.2) is 66.2 Å². The van der Waals surface area contributed by atoms with Gasteiger partial charge in [0.1, 0.15) is 11.5 Å². The number of carbonyl (C=O) groups is 2. The molecule has 0 saturated carbocycles. The summed E-state index contributed by atoms with van der Waals surface area (Å²) in [5.41, 5.74) is 0.736. The number of nitrogens with zero attached hydrogens (tertiary/aromatic N) is 3. The van der Waals surface area contributed by atoms with E-state index in [2.05, 4.69) is 0 Å². The summed E-state index contributed by atoms with van der Waals surface area (Å²) in [5.74, 6) is -1.11. The van der Waals surface area contributed by atoms with E-state index >= 15 is 0 Å². The van der Waals surface area contributed by atoms with Crippen molar-refractivity contribution in [3.05, 3.63) is 87.5 Å². The highest BCUT2D eigenvalue weighted by Gasteiger charge is 2.46. The Hall–Kier alpha value is -4.24. The average Bonchev–Trinajstić information content (AvgIpc) is 3.11. The highest BCUT2D eigenvalue weighted by Crippen LogP contribution is 2.40. The lowest BCUT2D eigenvalue weighted by molar-refractivity contribution is -0.384. The maximum atomic E-state index is 13.1. The molecule has 1 aliphatic heterocycles. The molecule has 35 heavy (non-hydrogen) atoms. The van der Waals surface area contributed by atoms with E-state index in [9.17, 15) is 24.8 Å². The van der Waals surface area contributed by atoms with E-state index in [1.54, 1.807) is 31.4 Å². The zero-order valence-corrected chi connectivity index (χ0v) is 19.6. The van der Waals surface area contributed by atoms with Crippen molar-refractivity contribution in [2.45, 2.75) is 6.04 Å². The number of Topliss-reactive ketones (excluding diaryl/α,β-unsaturated/α-hetero) is 1. The minimum atomic E-state index is -0.873. The zero-order chi connectivity index (χ0) is 25.3. The number of amides is 1. The summed E-state index contributed by atoms with van der Waals surface area (Å²) in [6.07, 6.45) is 0. The standard InChI is InChI=1S/C26H25N3O6/c1-27(2)12-13-28-23(16-6-9-20(10-7-16)29(33)34)22(25(31)26(28)32)24(30)19-5-4-18-15-21(35-3)11-8-17(18)14-19/h4-11,14-15,23,30H,12-13H2,1-3H3/b24-22+. The number of hydrogen-bond donors (Lipinski definition) is 1. The fourth-order valence-electron chi connectivity index (χ4n) is 4.20. The van der Waals surface area contributed by atoms with Crippen molar-refractivity contribution in [3.63, 3.8) is 0 Å². The average molecular weight is 476 g/mol. The molecule has 9 nitrogen and oxygen atoms in total. The number of carbonyl (C=O) groups excluding carboxylic acids is 2. The SMILES string of the molecule is COc1ccc2cc(/C(O)=C3\C(=O)C(=O)N(CCN(C)C)C3c3ccc([N+](=O)[O-])cc3)ccc2c1. The molecule has 0 spiro atoms. The summed E-state index contributed by atoms with van der Waals surface area (Å²) in [4.78, 5) is 40.0. The van der Waals surface area contributed by atoms with Crippen molar-refractivity contribution in [1.29, 1.82) is 0 Å². The third-order valence-electron chi connectivity index (χ3n) is 6.07. The lowest BCUT2D eigenvalue weighted by Gasteiger charge is -2.26. The Morgan fingerprint density at radius 2 is 1.71 bits per heavy atom. The number of nitro benzene ring substituents is 1. The molecule has 0 aliphatic carbocycles. The molecule has 1 amide bonds. The predicted molar refractivity (Wildman–Crippen MR) is 131 cm³/mol. The molecule has 4 rings (SSSR count). The van der Waals surface area contributed by atoms with Gasteiger partial charge in [0, 0.05) is 30.8 Å². The molecule has 1 heterocycles. The van der Waals surface area contributed by atoms with Crippen molar-refractivity contribution in [2.75, 3.05) is 34.3 Å². The summed E-state index contributed by atoms with van der Waals surface area (Å²) in [7, 11) is 5.28. The first-order chi connectivity index (χ1) is 16.7. The van der Waals surface area contributed by atoms with Gasteiger partial charge in [0.2, 0.25) is 0 Å². The number of hydrogen-bond acceptors (Lipinski definition) is 7. The maximum Gasteiger partial charge on any atom is 0.295 e. The van der Waals surface area contributed by atoms with Crippen LogP contribution in [-0.2, 0) is 9.59 Å². The molecule has 3 aromatic rings. The van der Waals surface area contributed by atoms with Crippen molar-refractivity contribution < 1.29 is 24.4 Å². The van der Waals surface area contributed by atoms with Gasteiger partial charge in [-0.05, 0) is 60.8 Å². The number of nitro groups is 1. The van der Waals surface area contributed by atoms with E-state index in [1.165, 1.54) is 29.2 Å². The van der Waals surface area contributed by atoms with Crippen LogP contribution >= 0.6 is 0 Å². The molecule has 1 unspecified atom stereocenters. The zero-order valence-electron chi connectivity index (χ0n) is 19.6. The summed E-state index contributed by atoms with van der Waals surface area (Å²) >= 11 is 0. The Balaban J connectivity index is 1.84. The molecule has 9 heteroatoms. The number of rotatable bonds is 7. The van der Waals surface area contributed by atoms with Gasteiger partial charge in [-0.1, -0.05) is 18.2 Å². The molecule has 1 aliphatic rings. The van der Waals surface area contributed by atoms with Crippen LogP contribution in [0.4, 0.5) is 5.69 Å². The fraction of sp³-hybridized carbons (Fsp3) is 0.231. The molecule has 180 valence electrons. The maximum absolute atomic E-state index is 13.1. The van der Waals surface area contributed by atoms with Gasteiger partial charge < -0.3 is 19.6 Å². The van der Waals surface area contributed by atoms with Crippen LogP contribution in [0, 0.1) is 10.1 Å². The number of likely N-dealkylation sites (tertiary alicyclic amines) is 1. The summed E-state index contributed by atoms with van der Waals surface area (Å²) < 4.78 is 5.25. The quantitative estimate of drug-likeness (QED) is 0.182. The number of fused-ring (bicyclic) bond motifs is 1. The number of ketones is 1. The monoisotopic (exact) mass is 475 g/mol. The van der Waals surface area contributed by atoms with Crippen molar-refractivity contribution >= 4 is 33.9 Å². The highest BCUT2D eigenvalue weighted by atomic mass is 16.6. The number of methoxy groups -OCH3 is 1. The van der Waals surface area contributed by atoms with Gasteiger partial charge in [-0.3, -0.25) is 19.7 Å². The third-order valence-corrected chi connectivity index (χ3v) is 6.07. The Morgan fingerprint density at radius 1 is 1.06 bits per heavy atom. The van der Waals surface area contributed by atoms with E-state index in [0.29, 0.717) is 23.4 Å². The Labute approximate surface area is 202 Å². The van der Waals surface area contributed by atoms with E-state index in [4.69, 9.17) is 4.74 Å². The van der Waals surface area contributed by atoms with Gasteiger partial charge in [-0.2, -0.15) is 0 Å². The van der Waals surface area contributed by atoms with Gasteiger partial charge in [0.15, 0.2) is 0 Å². The summed E-state index contributed by atoms with van der Waals surface area (Å²) in [5, 5.41) is 24.1. The highest BCUT2D eigenvalue weighted by molar-refractivity contribution is 6.46. The molecule has 1 atom stereocenters. The van der Waals surface area contributed by atoms with Crippen molar-refractivity contribution in [1.82, 2.24) is 9.80 Å². The van der Waals surface area contributed by atoms with Crippen LogP contribution in [0.25, 0.3) is 16.5 Å². The topological polar surface area (TPSA) is 113 Å². The van der Waals surface area contributed by atoms with Crippen LogP contribution < -0.4 is 4.74 Å². The normalized spacial score (nSPS) is 17.4. The van der Waals surface area contributed by atoms with E-state index in [0.717, 1.165) is 10.8 Å². The van der Waals surface area contributed by atoms with E-state index in [-0.39, 0.29) is 23.6 Å². The number of non-ortho nitro benzene ring substituents is 1. The molecule has 1 saturated heterocycles. The molecule has 0 aromatic heterocycles. The van der Waals surface area contributed by atoms with Crippen LogP contribution in [0.5, 0.6) is 5.75 Å². The van der Waals surface area contributed by atoms with Crippen LogP contribution in [-0.4, -0.2) is 65.8 Å². The second-order valence-electron chi connectivity index (χ2n) is 8.57. The first kappa shape index (κ1) is 23.9. The first-order valence-electron chi connectivity index (χ1n) is 11.0. The Kier molecular flexibility index (Phi) is 6.52. The Bertz CT molecular complexity index is 1350. The second-order valence-corrected chi connectivity index (χ2v) is 8.57. The van der Waals surface area contributed by atoms with Gasteiger partial charge in [-0.25, -0.2) is 0 Å². The smallest absolute Gasteiger partial charge is 0.295 e. The molecule has 0 bridgehead atoms. The number of aliphatic hydroxyl groups excluding tert-OH is 1. The predicted octanol–water partition coefficient (Wildman–Crippen LogP) is 3.74. The first-order valence-corrected chi connectivity index (χ1v) is 11.0. The second kappa shape index (κ2) is 9.55. The summed E-state index contributed by atoms with van der Waals surface area (Å²) in [6, 6.07) is 15.5. The molecule has 0 radical (unpaired) electrons. The Morgan fingerprint density at radius 3 is 2.34 bits per heavy atom. The number of aliphatic hydroxyl groups is 1. The van der Waals surface area contributed by atoms with Gasteiger partial charge in [0.25, 0.3) is 17.4 Å². The third kappa shape index (κ3) is 4.58. The van der Waals surface area contributed by atoms with Crippen LogP contribution in [0.2, 0.25) is 0 Å². The van der Waals surface area contributed by atoms with Crippen LogP contribution in [0.1, 0.15) is 17.2 Å². The lowest BCUT2D eigenvalue weighted by atomic mass is 9.94. The molecular weight excluding hydrogens is 450 g/mol. The number of likely N-dealkylation sites (N-methyl/N-ethyl adjacent to an activating group) is 1. The fourth-order valence-corrected chi connectivity index (χ4v) is 4.20. The molecular formula is C26H25N3O6. The molecule has 1 N–H and O–H groups in total. The largest absolute Gasteiger partial charge is 0.507 e. The molecule has 3 aromatic carbocycles. The summed E-state index contributed by atoms with van der Waals surface area (Å²) in [6.45, 7) is 0.738.